The number of hydrogen-bond acceptors (Lipinski definition) is 4. The maximum absolute atomic E-state index is 12.0. The third-order valence-corrected chi connectivity index (χ3v) is 9.80. The number of allylic oxidation sites excluding steroid dienone is 1. The zero-order chi connectivity index (χ0) is 26.0. The van der Waals surface area contributed by atoms with Gasteiger partial charge in [0.15, 0.2) is 0 Å². The lowest BCUT2D eigenvalue weighted by Crippen LogP contribution is -2.61. The minimum absolute atomic E-state index is 0.242. The lowest BCUT2D eigenvalue weighted by atomic mass is 9.44. The highest BCUT2D eigenvalue weighted by Gasteiger charge is 2.57. The van der Waals surface area contributed by atoms with E-state index >= 15 is 0 Å². The average molecular weight is 501 g/mol. The second kappa shape index (κ2) is 10.9. The van der Waals surface area contributed by atoms with Crippen molar-refractivity contribution in [1.82, 2.24) is 4.90 Å². The van der Waals surface area contributed by atoms with E-state index in [-0.39, 0.29) is 5.97 Å². The van der Waals surface area contributed by atoms with Gasteiger partial charge in [-0.25, -0.2) is 4.79 Å². The molecule has 0 N–H and O–H groups in total. The molecule has 2 aromatic rings. The molecule has 1 heterocycles. The van der Waals surface area contributed by atoms with Crippen molar-refractivity contribution < 1.29 is 9.53 Å². The molecular formula is C33H44N2O2. The minimum atomic E-state index is -0.242. The Morgan fingerprint density at radius 3 is 2.38 bits per heavy atom. The van der Waals surface area contributed by atoms with Crippen LogP contribution in [0.25, 0.3) is 0 Å². The van der Waals surface area contributed by atoms with Crippen molar-refractivity contribution >= 4 is 11.7 Å². The van der Waals surface area contributed by atoms with Gasteiger partial charge in [-0.15, -0.1) is 0 Å². The first-order valence-corrected chi connectivity index (χ1v) is 14.4. The number of carbonyl (C=O) groups excluding carboxylic acids is 1. The van der Waals surface area contributed by atoms with E-state index < -0.39 is 0 Å². The molecule has 4 atom stereocenters. The number of benzene rings is 2. The summed E-state index contributed by atoms with van der Waals surface area (Å²) in [6, 6.07) is 20.0. The molecule has 0 spiro atoms. The van der Waals surface area contributed by atoms with Crippen LogP contribution in [0.5, 0.6) is 0 Å². The van der Waals surface area contributed by atoms with Gasteiger partial charge in [-0.1, -0.05) is 57.2 Å². The Morgan fingerprint density at radius 2 is 1.76 bits per heavy atom. The number of hydrogen-bond donors (Lipinski definition) is 0. The predicted molar refractivity (Wildman–Crippen MR) is 152 cm³/mol. The molecular weight excluding hydrogens is 456 g/mol. The summed E-state index contributed by atoms with van der Waals surface area (Å²) in [6.45, 7) is 11.9. The van der Waals surface area contributed by atoms with E-state index in [0.29, 0.717) is 29.7 Å². The number of carbonyl (C=O) groups is 1. The molecule has 6 rings (SSSR count). The zero-order valence-electron chi connectivity index (χ0n) is 23.1. The molecule has 4 heteroatoms. The molecule has 37 heavy (non-hydrogen) atoms. The number of nitrogens with zero attached hydrogens (tertiary/aromatic N) is 2. The monoisotopic (exact) mass is 500 g/mol. The van der Waals surface area contributed by atoms with Crippen molar-refractivity contribution in [3.05, 3.63) is 78.0 Å². The summed E-state index contributed by atoms with van der Waals surface area (Å²) in [4.78, 5) is 17.3. The standard InChI is InChI=1S/C33H44N2O2/c1-5-37-32(36)26-13-15-28(16-14-26)34-20-17-29(18-21-34)35(19-9-12-25-10-7-6-8-11-25)31-23-27-22-30(24(31)2)33(27,3)4/h6-11,13-16,19,24,27,29-31H,5,12,17-18,20-23H2,1-4H3/t24-,27+,30-,31-/m0/s1. The summed E-state index contributed by atoms with van der Waals surface area (Å²) >= 11 is 0. The van der Waals surface area contributed by atoms with Gasteiger partial charge in [-0.05, 0) is 98.2 Å². The van der Waals surface area contributed by atoms with Crippen molar-refractivity contribution in [3.63, 3.8) is 0 Å². The van der Waals surface area contributed by atoms with Crippen LogP contribution in [-0.4, -0.2) is 42.6 Å². The Bertz CT molecular complexity index is 1070. The number of esters is 1. The Hall–Kier alpha value is -2.75. The van der Waals surface area contributed by atoms with Crippen LogP contribution in [0.4, 0.5) is 5.69 Å². The van der Waals surface area contributed by atoms with Gasteiger partial charge in [0.2, 0.25) is 0 Å². The fourth-order valence-corrected chi connectivity index (χ4v) is 7.39. The van der Waals surface area contributed by atoms with Gasteiger partial charge in [-0.2, -0.15) is 0 Å². The smallest absolute Gasteiger partial charge is 0.338 e. The molecule has 1 aliphatic heterocycles. The van der Waals surface area contributed by atoms with E-state index in [1.807, 2.05) is 19.1 Å². The summed E-state index contributed by atoms with van der Waals surface area (Å²) in [7, 11) is 0. The van der Waals surface area contributed by atoms with Crippen LogP contribution in [0.15, 0.2) is 66.9 Å². The molecule has 0 radical (unpaired) electrons. The molecule has 4 fully saturated rings. The molecule has 3 aliphatic carbocycles. The highest BCUT2D eigenvalue weighted by atomic mass is 16.5. The summed E-state index contributed by atoms with van der Waals surface area (Å²) in [6.07, 6.45) is 10.9. The molecule has 4 nitrogen and oxygen atoms in total. The minimum Gasteiger partial charge on any atom is -0.462 e. The van der Waals surface area contributed by atoms with Crippen LogP contribution >= 0.6 is 0 Å². The lowest BCUT2D eigenvalue weighted by molar-refractivity contribution is -0.137. The lowest BCUT2D eigenvalue weighted by Gasteiger charge is -2.64. The number of ether oxygens (including phenoxy) is 1. The van der Waals surface area contributed by atoms with E-state index in [2.05, 4.69) is 85.3 Å². The highest BCUT2D eigenvalue weighted by molar-refractivity contribution is 5.89. The maximum atomic E-state index is 12.0. The molecule has 2 bridgehead atoms. The van der Waals surface area contributed by atoms with Crippen LogP contribution in [0.3, 0.4) is 0 Å². The Labute approximate surface area is 223 Å². The number of rotatable bonds is 8. The van der Waals surface area contributed by atoms with Gasteiger partial charge in [0.05, 0.1) is 12.2 Å². The second-order valence-corrected chi connectivity index (χ2v) is 12.0. The van der Waals surface area contributed by atoms with Crippen molar-refractivity contribution in [2.45, 2.75) is 71.9 Å². The fraction of sp³-hybridized carbons (Fsp3) is 0.545. The van der Waals surface area contributed by atoms with Crippen molar-refractivity contribution in [2.24, 2.45) is 23.2 Å². The van der Waals surface area contributed by atoms with E-state index in [4.69, 9.17) is 4.74 Å². The normalized spacial score (nSPS) is 27.1. The van der Waals surface area contributed by atoms with Crippen LogP contribution in [0, 0.1) is 23.2 Å². The topological polar surface area (TPSA) is 32.8 Å². The van der Waals surface area contributed by atoms with E-state index in [1.165, 1.54) is 24.1 Å². The molecule has 0 aromatic heterocycles. The van der Waals surface area contributed by atoms with Gasteiger partial charge in [0, 0.05) is 30.9 Å². The van der Waals surface area contributed by atoms with Gasteiger partial charge in [-0.3, -0.25) is 0 Å². The summed E-state index contributed by atoms with van der Waals surface area (Å²) < 4.78 is 5.14. The largest absolute Gasteiger partial charge is 0.462 e. The Kier molecular flexibility index (Phi) is 7.65. The molecule has 0 unspecified atom stereocenters. The quantitative estimate of drug-likeness (QED) is 0.367. The molecule has 3 saturated carbocycles. The zero-order valence-corrected chi connectivity index (χ0v) is 23.1. The van der Waals surface area contributed by atoms with Crippen molar-refractivity contribution in [3.8, 4) is 0 Å². The summed E-state index contributed by atoms with van der Waals surface area (Å²) in [5.74, 6) is 2.20. The summed E-state index contributed by atoms with van der Waals surface area (Å²) in [5, 5.41) is 0. The number of anilines is 1. The van der Waals surface area contributed by atoms with E-state index in [9.17, 15) is 4.79 Å². The molecule has 2 aromatic carbocycles. The first-order valence-electron chi connectivity index (χ1n) is 14.4. The van der Waals surface area contributed by atoms with E-state index in [1.54, 1.807) is 0 Å². The first-order chi connectivity index (χ1) is 17.9. The highest BCUT2D eigenvalue weighted by Crippen LogP contribution is 2.62. The third kappa shape index (κ3) is 5.30. The van der Waals surface area contributed by atoms with E-state index in [0.717, 1.165) is 50.1 Å². The van der Waals surface area contributed by atoms with Gasteiger partial charge in [0.25, 0.3) is 0 Å². The van der Waals surface area contributed by atoms with Gasteiger partial charge in [0.1, 0.15) is 0 Å². The average Bonchev–Trinajstić information content (AvgIpc) is 2.92. The maximum Gasteiger partial charge on any atom is 0.338 e. The van der Waals surface area contributed by atoms with Crippen molar-refractivity contribution in [1.29, 1.82) is 0 Å². The first kappa shape index (κ1) is 25.9. The molecule has 4 aliphatic rings. The van der Waals surface area contributed by atoms with Crippen LogP contribution in [0.2, 0.25) is 0 Å². The Morgan fingerprint density at radius 1 is 1.05 bits per heavy atom. The van der Waals surface area contributed by atoms with Gasteiger partial charge >= 0.3 is 5.97 Å². The van der Waals surface area contributed by atoms with Crippen LogP contribution in [0.1, 0.15) is 69.3 Å². The Balaban J connectivity index is 1.27. The van der Waals surface area contributed by atoms with Crippen LogP contribution in [-0.2, 0) is 11.2 Å². The molecule has 1 saturated heterocycles. The SMILES string of the molecule is CCOC(=O)c1ccc(N2CCC(N(C=CCc3ccccc3)[C@H]3C[C@H]4C[C@@H]([C@@H]3C)C4(C)C)CC2)cc1. The second-order valence-electron chi connectivity index (χ2n) is 12.0. The third-order valence-electron chi connectivity index (χ3n) is 9.80. The number of piperidine rings is 1. The van der Waals surface area contributed by atoms with Gasteiger partial charge < -0.3 is 14.5 Å². The molecule has 198 valence electrons. The molecule has 0 amide bonds. The predicted octanol–water partition coefficient (Wildman–Crippen LogP) is 6.96. The number of fused-ring (bicyclic) bond motifs is 2. The van der Waals surface area contributed by atoms with Crippen molar-refractivity contribution in [2.75, 3.05) is 24.6 Å². The summed E-state index contributed by atoms with van der Waals surface area (Å²) in [5.41, 5.74) is 3.71. The fourth-order valence-electron chi connectivity index (χ4n) is 7.39. The van der Waals surface area contributed by atoms with Crippen LogP contribution < -0.4 is 4.90 Å².